The number of rotatable bonds is 6. The van der Waals surface area contributed by atoms with Crippen molar-refractivity contribution in [3.05, 3.63) is 0 Å². The van der Waals surface area contributed by atoms with Crippen LogP contribution in [-0.4, -0.2) is 47.0 Å². The molecule has 1 aliphatic heterocycles. The highest BCUT2D eigenvalue weighted by atomic mass is 32.2. The molecule has 9 heteroatoms. The Morgan fingerprint density at radius 3 is 2.83 bits per heavy atom. The van der Waals surface area contributed by atoms with Crippen molar-refractivity contribution in [2.45, 2.75) is 44.1 Å². The summed E-state index contributed by atoms with van der Waals surface area (Å²) in [5.41, 5.74) is -0.485. The third kappa shape index (κ3) is 6.08. The summed E-state index contributed by atoms with van der Waals surface area (Å²) < 4.78 is 6.11. The third-order valence-corrected chi connectivity index (χ3v) is 5.16. The van der Waals surface area contributed by atoms with Gasteiger partial charge in [0.15, 0.2) is 4.34 Å². The number of thioether (sulfide) groups is 1. The molecule has 1 saturated heterocycles. The maximum Gasteiger partial charge on any atom is 0.231 e. The maximum atomic E-state index is 11.9. The number of amides is 2. The number of carbonyl (C=O) groups excluding carboxylic acids is 2. The zero-order valence-electron chi connectivity index (χ0n) is 13.5. The Labute approximate surface area is 144 Å². The highest BCUT2D eigenvalue weighted by Crippen LogP contribution is 2.26. The Hall–Kier alpha value is -1.19. The Morgan fingerprint density at radius 2 is 2.17 bits per heavy atom. The summed E-state index contributed by atoms with van der Waals surface area (Å²) >= 11 is 2.57. The number of hydrogen-bond acceptors (Lipinski definition) is 7. The Morgan fingerprint density at radius 1 is 1.39 bits per heavy atom. The van der Waals surface area contributed by atoms with Crippen LogP contribution >= 0.6 is 23.1 Å². The summed E-state index contributed by atoms with van der Waals surface area (Å²) in [4.78, 5) is 23.7. The van der Waals surface area contributed by atoms with Crippen LogP contribution in [0.2, 0.25) is 0 Å². The fraction of sp³-hybridized carbons (Fsp3) is 0.714. The molecule has 0 bridgehead atoms. The molecule has 1 aromatic rings. The fourth-order valence-corrected chi connectivity index (χ4v) is 3.39. The van der Waals surface area contributed by atoms with Crippen molar-refractivity contribution in [3.63, 3.8) is 0 Å². The van der Waals surface area contributed by atoms with Crippen LogP contribution in [0.4, 0.5) is 5.13 Å². The highest BCUT2D eigenvalue weighted by Gasteiger charge is 2.22. The van der Waals surface area contributed by atoms with Gasteiger partial charge in [-0.2, -0.15) is 0 Å². The number of carbonyl (C=O) groups is 2. The van der Waals surface area contributed by atoms with E-state index in [1.807, 2.05) is 20.8 Å². The number of ether oxygens (including phenoxy) is 1. The molecule has 2 amide bonds. The van der Waals surface area contributed by atoms with Gasteiger partial charge in [-0.05, 0) is 12.8 Å². The Kier molecular flexibility index (Phi) is 6.37. The lowest BCUT2D eigenvalue weighted by Crippen LogP contribution is -2.32. The number of aromatic nitrogens is 2. The molecule has 1 atom stereocenters. The molecule has 0 aliphatic carbocycles. The molecule has 128 valence electrons. The molecule has 0 radical (unpaired) electrons. The zero-order valence-corrected chi connectivity index (χ0v) is 15.2. The summed E-state index contributed by atoms with van der Waals surface area (Å²) in [5, 5.41) is 13.9. The van der Waals surface area contributed by atoms with Crippen molar-refractivity contribution in [2.24, 2.45) is 5.41 Å². The summed E-state index contributed by atoms with van der Waals surface area (Å²) in [5.74, 6) is 0.106. The van der Waals surface area contributed by atoms with Crippen LogP contribution in [-0.2, 0) is 14.3 Å². The first kappa shape index (κ1) is 18.2. The van der Waals surface area contributed by atoms with Gasteiger partial charge < -0.3 is 15.4 Å². The molecule has 0 aromatic carbocycles. The van der Waals surface area contributed by atoms with E-state index in [0.29, 0.717) is 16.0 Å². The van der Waals surface area contributed by atoms with E-state index in [1.165, 1.54) is 23.1 Å². The molecular formula is C14H22N4O3S2. The molecule has 1 aliphatic rings. The van der Waals surface area contributed by atoms with Crippen LogP contribution in [0.15, 0.2) is 4.34 Å². The fourth-order valence-electron chi connectivity index (χ4n) is 1.81. The topological polar surface area (TPSA) is 93.2 Å². The molecule has 0 saturated carbocycles. The molecule has 23 heavy (non-hydrogen) atoms. The lowest BCUT2D eigenvalue weighted by Gasteiger charge is -2.15. The van der Waals surface area contributed by atoms with Crippen molar-refractivity contribution in [2.75, 3.05) is 24.2 Å². The predicted molar refractivity (Wildman–Crippen MR) is 90.7 cm³/mol. The van der Waals surface area contributed by atoms with Crippen molar-refractivity contribution in [3.8, 4) is 0 Å². The molecule has 0 spiro atoms. The molecule has 1 aromatic heterocycles. The molecule has 2 N–H and O–H groups in total. The quantitative estimate of drug-likeness (QED) is 0.596. The maximum absolute atomic E-state index is 11.9. The molecule has 7 nitrogen and oxygen atoms in total. The summed E-state index contributed by atoms with van der Waals surface area (Å²) in [6.07, 6.45) is 2.20. The summed E-state index contributed by atoms with van der Waals surface area (Å²) in [7, 11) is 0. The van der Waals surface area contributed by atoms with E-state index in [9.17, 15) is 9.59 Å². The largest absolute Gasteiger partial charge is 0.376 e. The van der Waals surface area contributed by atoms with Gasteiger partial charge in [-0.15, -0.1) is 10.2 Å². The predicted octanol–water partition coefficient (Wildman–Crippen LogP) is 1.91. The lowest BCUT2D eigenvalue weighted by atomic mass is 9.96. The average Bonchev–Trinajstić information content (AvgIpc) is 3.13. The van der Waals surface area contributed by atoms with Gasteiger partial charge in [0, 0.05) is 18.6 Å². The average molecular weight is 358 g/mol. The lowest BCUT2D eigenvalue weighted by molar-refractivity contribution is -0.123. The van der Waals surface area contributed by atoms with Gasteiger partial charge in [0.25, 0.3) is 0 Å². The van der Waals surface area contributed by atoms with Crippen molar-refractivity contribution in [1.82, 2.24) is 15.5 Å². The van der Waals surface area contributed by atoms with Crippen LogP contribution in [0.3, 0.4) is 0 Å². The normalized spacial score (nSPS) is 18.0. The summed E-state index contributed by atoms with van der Waals surface area (Å²) in [6, 6.07) is 0. The molecule has 1 fully saturated rings. The van der Waals surface area contributed by atoms with Gasteiger partial charge in [-0.1, -0.05) is 43.9 Å². The molecular weight excluding hydrogens is 336 g/mol. The van der Waals surface area contributed by atoms with Crippen LogP contribution < -0.4 is 10.6 Å². The molecule has 1 unspecified atom stereocenters. The number of anilines is 1. The number of nitrogens with one attached hydrogen (secondary N) is 2. The van der Waals surface area contributed by atoms with Crippen LogP contribution in [0.5, 0.6) is 0 Å². The van der Waals surface area contributed by atoms with E-state index < -0.39 is 5.41 Å². The van der Waals surface area contributed by atoms with E-state index in [-0.39, 0.29) is 23.7 Å². The van der Waals surface area contributed by atoms with E-state index >= 15 is 0 Å². The summed E-state index contributed by atoms with van der Waals surface area (Å²) in [6.45, 7) is 6.83. The van der Waals surface area contributed by atoms with Gasteiger partial charge in [-0.25, -0.2) is 0 Å². The van der Waals surface area contributed by atoms with E-state index in [4.69, 9.17) is 4.74 Å². The monoisotopic (exact) mass is 358 g/mol. The smallest absolute Gasteiger partial charge is 0.231 e. The van der Waals surface area contributed by atoms with Crippen molar-refractivity contribution >= 4 is 40.0 Å². The van der Waals surface area contributed by atoms with Crippen LogP contribution in [0, 0.1) is 5.41 Å². The minimum absolute atomic E-state index is 0.0547. The number of hydrogen-bond donors (Lipinski definition) is 2. The van der Waals surface area contributed by atoms with Crippen LogP contribution in [0.25, 0.3) is 0 Å². The Balaban J connectivity index is 1.71. The first-order chi connectivity index (χ1) is 10.8. The van der Waals surface area contributed by atoms with Gasteiger partial charge in [-0.3, -0.25) is 9.59 Å². The SMILES string of the molecule is CC(C)(C)C(=O)Nc1nnc(SCC(=O)NCC2CCCO2)s1. The van der Waals surface area contributed by atoms with E-state index in [1.54, 1.807) is 0 Å². The van der Waals surface area contributed by atoms with Crippen molar-refractivity contribution < 1.29 is 14.3 Å². The third-order valence-electron chi connectivity index (χ3n) is 3.19. The minimum Gasteiger partial charge on any atom is -0.376 e. The van der Waals surface area contributed by atoms with Gasteiger partial charge in [0.1, 0.15) is 0 Å². The van der Waals surface area contributed by atoms with Gasteiger partial charge >= 0.3 is 0 Å². The molecule has 2 heterocycles. The van der Waals surface area contributed by atoms with Gasteiger partial charge in [0.05, 0.1) is 11.9 Å². The van der Waals surface area contributed by atoms with E-state index in [0.717, 1.165) is 19.4 Å². The standard InChI is InChI=1S/C14H22N4O3S2/c1-14(2,3)11(20)16-12-17-18-13(23-12)22-8-10(19)15-7-9-5-4-6-21-9/h9H,4-8H2,1-3H3,(H,15,19)(H,16,17,20). The van der Waals surface area contributed by atoms with Gasteiger partial charge in [0.2, 0.25) is 16.9 Å². The molecule has 2 rings (SSSR count). The first-order valence-corrected chi connectivity index (χ1v) is 9.31. The second-order valence-electron chi connectivity index (χ2n) is 6.31. The highest BCUT2D eigenvalue weighted by molar-refractivity contribution is 8.01. The van der Waals surface area contributed by atoms with E-state index in [2.05, 4.69) is 20.8 Å². The second kappa shape index (κ2) is 8.07. The number of nitrogens with zero attached hydrogens (tertiary/aromatic N) is 2. The minimum atomic E-state index is -0.485. The first-order valence-electron chi connectivity index (χ1n) is 7.50. The van der Waals surface area contributed by atoms with Crippen LogP contribution in [0.1, 0.15) is 33.6 Å². The Bertz CT molecular complexity index is 550. The second-order valence-corrected chi connectivity index (χ2v) is 8.51. The zero-order chi connectivity index (χ0) is 16.9. The van der Waals surface area contributed by atoms with Crippen molar-refractivity contribution in [1.29, 1.82) is 0 Å².